The Morgan fingerprint density at radius 1 is 1.35 bits per heavy atom. The standard InChI is InChI=1S/C16H18N2O2/c1-13-12-15(20-18-13)8-5-11-17-16(19)10-9-14-6-3-2-4-7-14/h2-4,6-7,9-10,12H,5,8,11H2,1H3,(H,17,19). The molecule has 104 valence electrons. The Morgan fingerprint density at radius 3 is 2.85 bits per heavy atom. The molecule has 0 saturated carbocycles. The summed E-state index contributed by atoms with van der Waals surface area (Å²) < 4.78 is 5.10. The first-order valence-corrected chi connectivity index (χ1v) is 6.67. The van der Waals surface area contributed by atoms with E-state index < -0.39 is 0 Å². The summed E-state index contributed by atoms with van der Waals surface area (Å²) in [5.41, 5.74) is 1.90. The number of hydrogen-bond donors (Lipinski definition) is 1. The van der Waals surface area contributed by atoms with E-state index in [0.29, 0.717) is 6.54 Å². The van der Waals surface area contributed by atoms with Crippen molar-refractivity contribution in [3.63, 3.8) is 0 Å². The highest BCUT2D eigenvalue weighted by molar-refractivity contribution is 5.91. The highest BCUT2D eigenvalue weighted by atomic mass is 16.5. The van der Waals surface area contributed by atoms with Gasteiger partial charge in [-0.3, -0.25) is 4.79 Å². The van der Waals surface area contributed by atoms with Crippen LogP contribution < -0.4 is 5.32 Å². The molecule has 2 rings (SSSR count). The van der Waals surface area contributed by atoms with Crippen molar-refractivity contribution >= 4 is 12.0 Å². The Morgan fingerprint density at radius 2 is 2.15 bits per heavy atom. The summed E-state index contributed by atoms with van der Waals surface area (Å²) in [6, 6.07) is 11.7. The zero-order chi connectivity index (χ0) is 14.2. The fraction of sp³-hybridized carbons (Fsp3) is 0.250. The molecule has 2 aromatic rings. The Balaban J connectivity index is 1.66. The van der Waals surface area contributed by atoms with Crippen molar-refractivity contribution in [1.82, 2.24) is 10.5 Å². The molecule has 0 fully saturated rings. The molecule has 4 heteroatoms. The summed E-state index contributed by atoms with van der Waals surface area (Å²) in [6.45, 7) is 2.51. The molecule has 4 nitrogen and oxygen atoms in total. The molecule has 0 atom stereocenters. The summed E-state index contributed by atoms with van der Waals surface area (Å²) in [7, 11) is 0. The predicted octanol–water partition coefficient (Wildman–Crippen LogP) is 2.75. The van der Waals surface area contributed by atoms with E-state index in [1.165, 1.54) is 0 Å². The van der Waals surface area contributed by atoms with Gasteiger partial charge in [-0.15, -0.1) is 0 Å². The number of carbonyl (C=O) groups is 1. The van der Waals surface area contributed by atoms with Gasteiger partial charge in [0.2, 0.25) is 5.91 Å². The van der Waals surface area contributed by atoms with Gasteiger partial charge in [0.25, 0.3) is 0 Å². The maximum atomic E-state index is 11.6. The van der Waals surface area contributed by atoms with Crippen molar-refractivity contribution in [2.24, 2.45) is 0 Å². The lowest BCUT2D eigenvalue weighted by Gasteiger charge is -2.00. The average Bonchev–Trinajstić information content (AvgIpc) is 2.88. The molecule has 1 amide bonds. The highest BCUT2D eigenvalue weighted by Crippen LogP contribution is 2.04. The lowest BCUT2D eigenvalue weighted by Crippen LogP contribution is -2.22. The van der Waals surface area contributed by atoms with Crippen molar-refractivity contribution < 1.29 is 9.32 Å². The summed E-state index contributed by atoms with van der Waals surface area (Å²) in [5.74, 6) is 0.777. The molecule has 0 aliphatic rings. The number of aromatic nitrogens is 1. The lowest BCUT2D eigenvalue weighted by atomic mass is 10.2. The van der Waals surface area contributed by atoms with E-state index in [1.807, 2.05) is 43.3 Å². The number of rotatable bonds is 6. The topological polar surface area (TPSA) is 55.1 Å². The van der Waals surface area contributed by atoms with E-state index in [1.54, 1.807) is 12.2 Å². The molecule has 0 aliphatic heterocycles. The third kappa shape index (κ3) is 4.72. The molecule has 1 aromatic heterocycles. The van der Waals surface area contributed by atoms with Crippen LogP contribution in [0.4, 0.5) is 0 Å². The number of benzene rings is 1. The molecule has 0 aliphatic carbocycles. The number of nitrogens with one attached hydrogen (secondary N) is 1. The third-order valence-corrected chi connectivity index (χ3v) is 2.80. The van der Waals surface area contributed by atoms with E-state index >= 15 is 0 Å². The van der Waals surface area contributed by atoms with Crippen molar-refractivity contribution in [3.05, 3.63) is 59.5 Å². The van der Waals surface area contributed by atoms with Gasteiger partial charge >= 0.3 is 0 Å². The Bertz CT molecular complexity index is 573. The first-order chi connectivity index (χ1) is 9.74. The molecule has 0 saturated heterocycles. The molecular weight excluding hydrogens is 252 g/mol. The number of aryl methyl sites for hydroxylation is 2. The van der Waals surface area contributed by atoms with Gasteiger partial charge < -0.3 is 9.84 Å². The molecule has 1 aromatic carbocycles. The fourth-order valence-corrected chi connectivity index (χ4v) is 1.80. The van der Waals surface area contributed by atoms with Crippen LogP contribution in [0.5, 0.6) is 0 Å². The van der Waals surface area contributed by atoms with Gasteiger partial charge in [-0.05, 0) is 25.0 Å². The first kappa shape index (κ1) is 14.1. The van der Waals surface area contributed by atoms with Crippen LogP contribution in [0.3, 0.4) is 0 Å². The number of carbonyl (C=O) groups excluding carboxylic acids is 1. The van der Waals surface area contributed by atoms with Gasteiger partial charge in [0.15, 0.2) is 0 Å². The maximum absolute atomic E-state index is 11.6. The summed E-state index contributed by atoms with van der Waals surface area (Å²) in [5, 5.41) is 6.66. The van der Waals surface area contributed by atoms with Crippen molar-refractivity contribution in [2.75, 3.05) is 6.54 Å². The summed E-state index contributed by atoms with van der Waals surface area (Å²) in [6.07, 6.45) is 4.96. The zero-order valence-corrected chi connectivity index (χ0v) is 11.5. The fourth-order valence-electron chi connectivity index (χ4n) is 1.80. The normalized spacial score (nSPS) is 10.8. The van der Waals surface area contributed by atoms with Gasteiger partial charge in [-0.1, -0.05) is 35.5 Å². The highest BCUT2D eigenvalue weighted by Gasteiger charge is 2.00. The molecule has 1 N–H and O–H groups in total. The minimum atomic E-state index is -0.0809. The van der Waals surface area contributed by atoms with Crippen LogP contribution in [-0.2, 0) is 11.2 Å². The summed E-state index contributed by atoms with van der Waals surface area (Å²) >= 11 is 0. The lowest BCUT2D eigenvalue weighted by molar-refractivity contribution is -0.116. The van der Waals surface area contributed by atoms with Crippen LogP contribution in [0.25, 0.3) is 6.08 Å². The second-order valence-corrected chi connectivity index (χ2v) is 4.57. The van der Waals surface area contributed by atoms with Gasteiger partial charge in [0, 0.05) is 25.1 Å². The maximum Gasteiger partial charge on any atom is 0.243 e. The van der Waals surface area contributed by atoms with Crippen LogP contribution in [0.1, 0.15) is 23.4 Å². The monoisotopic (exact) mass is 270 g/mol. The molecule has 0 spiro atoms. The molecule has 0 radical (unpaired) electrons. The molecule has 0 unspecified atom stereocenters. The van der Waals surface area contributed by atoms with Gasteiger partial charge in [-0.25, -0.2) is 0 Å². The van der Waals surface area contributed by atoms with Gasteiger partial charge in [0.05, 0.1) is 5.69 Å². The molecular formula is C16H18N2O2. The van der Waals surface area contributed by atoms with Crippen LogP contribution in [0.15, 0.2) is 47.0 Å². The van der Waals surface area contributed by atoms with E-state index in [-0.39, 0.29) is 5.91 Å². The van der Waals surface area contributed by atoms with Crippen LogP contribution in [-0.4, -0.2) is 17.6 Å². The molecule has 20 heavy (non-hydrogen) atoms. The largest absolute Gasteiger partial charge is 0.361 e. The Kier molecular flexibility index (Phi) is 5.12. The number of amides is 1. The minimum absolute atomic E-state index is 0.0809. The predicted molar refractivity (Wildman–Crippen MR) is 78.0 cm³/mol. The van der Waals surface area contributed by atoms with E-state index in [2.05, 4.69) is 10.5 Å². The van der Waals surface area contributed by atoms with Crippen molar-refractivity contribution in [1.29, 1.82) is 0 Å². The minimum Gasteiger partial charge on any atom is -0.361 e. The SMILES string of the molecule is Cc1cc(CCCNC(=O)C=Cc2ccccc2)on1. The first-order valence-electron chi connectivity index (χ1n) is 6.67. The number of nitrogens with zero attached hydrogens (tertiary/aromatic N) is 1. The van der Waals surface area contributed by atoms with E-state index in [9.17, 15) is 4.79 Å². The van der Waals surface area contributed by atoms with E-state index in [4.69, 9.17) is 4.52 Å². The smallest absolute Gasteiger partial charge is 0.243 e. The summed E-state index contributed by atoms with van der Waals surface area (Å²) in [4.78, 5) is 11.6. The molecule has 1 heterocycles. The van der Waals surface area contributed by atoms with Crippen molar-refractivity contribution in [3.8, 4) is 0 Å². The van der Waals surface area contributed by atoms with Gasteiger partial charge in [0.1, 0.15) is 5.76 Å². The van der Waals surface area contributed by atoms with Crippen LogP contribution in [0, 0.1) is 6.92 Å². The Hall–Kier alpha value is -2.36. The zero-order valence-electron chi connectivity index (χ0n) is 11.5. The van der Waals surface area contributed by atoms with E-state index in [0.717, 1.165) is 29.9 Å². The quantitative estimate of drug-likeness (QED) is 0.648. The van der Waals surface area contributed by atoms with Crippen molar-refractivity contribution in [2.45, 2.75) is 19.8 Å². The second-order valence-electron chi connectivity index (χ2n) is 4.57. The van der Waals surface area contributed by atoms with Gasteiger partial charge in [-0.2, -0.15) is 0 Å². The van der Waals surface area contributed by atoms with Crippen LogP contribution in [0.2, 0.25) is 0 Å². The third-order valence-electron chi connectivity index (χ3n) is 2.80. The second kappa shape index (κ2) is 7.28. The average molecular weight is 270 g/mol. The van der Waals surface area contributed by atoms with Crippen LogP contribution >= 0.6 is 0 Å². The number of hydrogen-bond acceptors (Lipinski definition) is 3. The molecule has 0 bridgehead atoms. The Labute approximate surface area is 118 Å².